The Morgan fingerprint density at radius 2 is 2.14 bits per heavy atom. The molecule has 1 aliphatic heterocycles. The molecule has 0 aromatic carbocycles. The summed E-state index contributed by atoms with van der Waals surface area (Å²) in [5.41, 5.74) is 8.87. The minimum Gasteiger partial charge on any atom is -0.326 e. The lowest BCUT2D eigenvalue weighted by Gasteiger charge is -2.78. The maximum absolute atomic E-state index is 12.9. The van der Waals surface area contributed by atoms with E-state index in [4.69, 9.17) is 5.73 Å². The van der Waals surface area contributed by atoms with Gasteiger partial charge in [0.25, 0.3) is 5.91 Å². The zero-order valence-electron chi connectivity index (χ0n) is 12.0. The van der Waals surface area contributed by atoms with Gasteiger partial charge in [-0.2, -0.15) is 0 Å². The van der Waals surface area contributed by atoms with Gasteiger partial charge in [0.15, 0.2) is 0 Å². The molecule has 5 atom stereocenters. The number of nitrogens with zero attached hydrogens (tertiary/aromatic N) is 2. The van der Waals surface area contributed by atoms with Gasteiger partial charge >= 0.3 is 0 Å². The van der Waals surface area contributed by atoms with E-state index >= 15 is 0 Å². The smallest absolute Gasteiger partial charge is 0.256 e. The molecule has 21 heavy (non-hydrogen) atoms. The molecule has 6 rings (SSSR count). The number of carbonyl (C=O) groups excluding carboxylic acids is 1. The van der Waals surface area contributed by atoms with Gasteiger partial charge in [0, 0.05) is 17.2 Å². The summed E-state index contributed by atoms with van der Waals surface area (Å²) in [4.78, 5) is 19.5. The van der Waals surface area contributed by atoms with Crippen LogP contribution in [0.4, 0.5) is 0 Å². The van der Waals surface area contributed by atoms with Gasteiger partial charge in [0.05, 0.1) is 23.3 Å². The van der Waals surface area contributed by atoms with E-state index in [9.17, 15) is 4.79 Å². The summed E-state index contributed by atoms with van der Waals surface area (Å²) < 4.78 is 0. The Morgan fingerprint density at radius 3 is 2.90 bits per heavy atom. The number of carbonyl (C=O) groups is 1. The van der Waals surface area contributed by atoms with E-state index in [0.29, 0.717) is 6.54 Å². The van der Waals surface area contributed by atoms with Crippen molar-refractivity contribution in [2.75, 3.05) is 0 Å². The highest BCUT2D eigenvalue weighted by atomic mass is 16.2. The van der Waals surface area contributed by atoms with Crippen LogP contribution in [0.3, 0.4) is 0 Å². The quantitative estimate of drug-likeness (QED) is 0.852. The molecular weight excluding hydrogens is 262 g/mol. The first-order chi connectivity index (χ1) is 10.1. The van der Waals surface area contributed by atoms with Gasteiger partial charge in [-0.15, -0.1) is 0 Å². The van der Waals surface area contributed by atoms with Crippen LogP contribution in [0.5, 0.6) is 0 Å². The summed E-state index contributed by atoms with van der Waals surface area (Å²) in [6, 6.07) is 3.80. The molecule has 0 saturated heterocycles. The molecule has 4 heteroatoms. The van der Waals surface area contributed by atoms with E-state index in [2.05, 4.69) is 9.88 Å². The Bertz CT molecular complexity index is 718. The summed E-state index contributed by atoms with van der Waals surface area (Å²) in [7, 11) is 0. The van der Waals surface area contributed by atoms with Gasteiger partial charge in [-0.1, -0.05) is 0 Å². The number of nitrogens with two attached hydrogens (primary N) is 1. The van der Waals surface area contributed by atoms with Crippen LogP contribution in [0, 0.1) is 17.3 Å². The van der Waals surface area contributed by atoms with E-state index in [1.165, 1.54) is 32.1 Å². The van der Waals surface area contributed by atoms with E-state index in [1.807, 2.05) is 12.1 Å². The number of hydrogen-bond donors (Lipinski definition) is 1. The van der Waals surface area contributed by atoms with E-state index in [0.717, 1.165) is 23.1 Å². The lowest BCUT2D eigenvalue weighted by molar-refractivity contribution is -0.252. The Hall–Kier alpha value is -1.42. The van der Waals surface area contributed by atoms with Crippen molar-refractivity contribution < 1.29 is 4.79 Å². The van der Waals surface area contributed by atoms with Crippen LogP contribution in [0.15, 0.2) is 18.3 Å². The summed E-state index contributed by atoms with van der Waals surface area (Å²) >= 11 is 0. The van der Waals surface area contributed by atoms with Crippen LogP contribution in [-0.2, 0) is 6.54 Å². The van der Waals surface area contributed by atoms with E-state index < -0.39 is 0 Å². The molecule has 4 saturated carbocycles. The third kappa shape index (κ3) is 0.871. The molecule has 108 valence electrons. The Kier molecular flexibility index (Phi) is 1.54. The maximum Gasteiger partial charge on any atom is 0.256 e. The average molecular weight is 281 g/mol. The third-order valence-electron chi connectivity index (χ3n) is 7.69. The zero-order valence-corrected chi connectivity index (χ0v) is 12.0. The summed E-state index contributed by atoms with van der Waals surface area (Å²) in [5, 5.41) is 0. The highest BCUT2D eigenvalue weighted by Crippen LogP contribution is 2.85. The Balaban J connectivity index is 1.48. The van der Waals surface area contributed by atoms with Crippen molar-refractivity contribution >= 4 is 5.91 Å². The number of hydrogen-bond acceptors (Lipinski definition) is 3. The lowest BCUT2D eigenvalue weighted by atomic mass is 9.31. The first kappa shape index (κ1) is 11.2. The van der Waals surface area contributed by atoms with Gasteiger partial charge < -0.3 is 10.6 Å². The van der Waals surface area contributed by atoms with Crippen molar-refractivity contribution in [3.05, 3.63) is 29.6 Å². The number of rotatable bonds is 1. The highest BCUT2D eigenvalue weighted by molar-refractivity contribution is 5.98. The fraction of sp³-hybridized carbons (Fsp3) is 0.647. The predicted octanol–water partition coefficient (Wildman–Crippen LogP) is 1.70. The fourth-order valence-electron chi connectivity index (χ4n) is 7.31. The summed E-state index contributed by atoms with van der Waals surface area (Å²) in [6.07, 6.45) is 7.82. The molecule has 2 bridgehead atoms. The molecule has 1 amide bonds. The van der Waals surface area contributed by atoms with Crippen molar-refractivity contribution in [1.82, 2.24) is 9.88 Å². The van der Waals surface area contributed by atoms with Crippen molar-refractivity contribution in [3.63, 3.8) is 0 Å². The Morgan fingerprint density at radius 1 is 1.24 bits per heavy atom. The van der Waals surface area contributed by atoms with Gasteiger partial charge in [0.1, 0.15) is 0 Å². The maximum atomic E-state index is 12.9. The monoisotopic (exact) mass is 281 g/mol. The lowest BCUT2D eigenvalue weighted by Crippen LogP contribution is -2.85. The molecule has 4 nitrogen and oxygen atoms in total. The molecule has 2 heterocycles. The first-order valence-corrected chi connectivity index (χ1v) is 8.14. The van der Waals surface area contributed by atoms with Gasteiger partial charge in [-0.25, -0.2) is 0 Å². The van der Waals surface area contributed by atoms with Gasteiger partial charge in [-0.05, 0) is 56.1 Å². The summed E-state index contributed by atoms with van der Waals surface area (Å²) in [5.74, 6) is 1.72. The van der Waals surface area contributed by atoms with Crippen molar-refractivity contribution in [2.45, 2.75) is 49.7 Å². The second kappa shape index (κ2) is 2.89. The number of fused-ring (bicyclic) bond motifs is 2. The molecule has 1 aromatic rings. The minimum absolute atomic E-state index is 0.0291. The van der Waals surface area contributed by atoms with Crippen LogP contribution >= 0.6 is 0 Å². The van der Waals surface area contributed by atoms with Gasteiger partial charge in [-0.3, -0.25) is 9.78 Å². The topological polar surface area (TPSA) is 59.2 Å². The standard InChI is InChI=1S/C17H19N3O/c18-15-4-10-5-16(8-11(7-15)17(15,16)6-10)20-9-13-12(14(20)21)2-1-3-19-13/h1-3,10-11H,4-9,18H2. The zero-order chi connectivity index (χ0) is 14.0. The fourth-order valence-corrected chi connectivity index (χ4v) is 7.31. The van der Waals surface area contributed by atoms with Crippen LogP contribution in [0.1, 0.15) is 48.2 Å². The molecule has 5 unspecified atom stereocenters. The third-order valence-corrected chi connectivity index (χ3v) is 7.69. The first-order valence-electron chi connectivity index (χ1n) is 8.14. The molecule has 4 fully saturated rings. The number of amides is 1. The number of aromatic nitrogens is 1. The van der Waals surface area contributed by atoms with Crippen LogP contribution < -0.4 is 5.73 Å². The molecule has 4 aliphatic carbocycles. The average Bonchev–Trinajstić information content (AvgIpc) is 3.02. The molecule has 2 N–H and O–H groups in total. The number of pyridine rings is 1. The van der Waals surface area contributed by atoms with Crippen molar-refractivity contribution in [2.24, 2.45) is 23.0 Å². The molecule has 0 radical (unpaired) electrons. The highest BCUT2D eigenvalue weighted by Gasteiger charge is 2.87. The van der Waals surface area contributed by atoms with Crippen LogP contribution in [0.25, 0.3) is 0 Å². The molecule has 5 aliphatic rings. The van der Waals surface area contributed by atoms with Crippen molar-refractivity contribution in [3.8, 4) is 0 Å². The second-order valence-corrected chi connectivity index (χ2v) is 8.13. The summed E-state index contributed by atoms with van der Waals surface area (Å²) in [6.45, 7) is 0.701. The normalized spacial score (nSPS) is 51.5. The SMILES string of the molecule is NC12CC3CC4(N5Cc6ncccc6C5=O)CC(C1)C24C3. The van der Waals surface area contributed by atoms with Crippen molar-refractivity contribution in [1.29, 1.82) is 0 Å². The second-order valence-electron chi connectivity index (χ2n) is 8.13. The predicted molar refractivity (Wildman–Crippen MR) is 76.3 cm³/mol. The van der Waals surface area contributed by atoms with Crippen LogP contribution in [0.2, 0.25) is 0 Å². The van der Waals surface area contributed by atoms with E-state index in [1.54, 1.807) is 6.20 Å². The Labute approximate surface area is 123 Å². The van der Waals surface area contributed by atoms with Gasteiger partial charge in [0.2, 0.25) is 0 Å². The molecule has 1 spiro atoms. The molecule has 1 aromatic heterocycles. The largest absolute Gasteiger partial charge is 0.326 e. The minimum atomic E-state index is 0.0291. The van der Waals surface area contributed by atoms with E-state index in [-0.39, 0.29) is 22.4 Å². The van der Waals surface area contributed by atoms with Crippen LogP contribution in [-0.4, -0.2) is 26.9 Å². The molecular formula is C17H19N3O.